The van der Waals surface area contributed by atoms with Gasteiger partial charge < -0.3 is 5.73 Å². The Kier molecular flexibility index (Phi) is 6.08. The van der Waals surface area contributed by atoms with E-state index < -0.39 is 0 Å². The topological polar surface area (TPSA) is 29.3 Å². The largest absolute Gasteiger partial charge is 0.329 e. The lowest BCUT2D eigenvalue weighted by atomic mass is 10.0. The maximum atomic E-state index is 6.10. The maximum absolute atomic E-state index is 6.10. The van der Waals surface area contributed by atoms with Crippen LogP contribution in [0.4, 0.5) is 0 Å². The number of nitrogens with zero attached hydrogens (tertiary/aromatic N) is 1. The second-order valence-corrected chi connectivity index (χ2v) is 5.46. The number of rotatable bonds is 3. The minimum Gasteiger partial charge on any atom is -0.329 e. The van der Waals surface area contributed by atoms with Gasteiger partial charge in [0.15, 0.2) is 0 Å². The SMILES string of the molecule is Cl.NCC1CCCCN1Cc1sccc1Cl. The van der Waals surface area contributed by atoms with E-state index in [0.29, 0.717) is 6.04 Å². The van der Waals surface area contributed by atoms with Crippen molar-refractivity contribution in [2.24, 2.45) is 5.73 Å². The van der Waals surface area contributed by atoms with E-state index in [9.17, 15) is 0 Å². The quantitative estimate of drug-likeness (QED) is 0.922. The molecule has 1 aromatic heterocycles. The Balaban J connectivity index is 0.00000128. The third kappa shape index (κ3) is 3.34. The van der Waals surface area contributed by atoms with Gasteiger partial charge in [-0.15, -0.1) is 23.7 Å². The Morgan fingerprint density at radius 2 is 2.31 bits per heavy atom. The third-order valence-electron chi connectivity index (χ3n) is 3.06. The summed E-state index contributed by atoms with van der Waals surface area (Å²) in [6.45, 7) is 2.90. The average Bonchev–Trinajstić information content (AvgIpc) is 2.65. The molecule has 2 rings (SSSR count). The van der Waals surface area contributed by atoms with Crippen LogP contribution in [-0.2, 0) is 6.54 Å². The van der Waals surface area contributed by atoms with Gasteiger partial charge >= 0.3 is 0 Å². The molecule has 1 aliphatic heterocycles. The molecule has 1 aromatic rings. The van der Waals surface area contributed by atoms with E-state index in [1.807, 2.05) is 6.07 Å². The average molecular weight is 281 g/mol. The van der Waals surface area contributed by atoms with Gasteiger partial charge in [-0.25, -0.2) is 0 Å². The molecule has 0 radical (unpaired) electrons. The van der Waals surface area contributed by atoms with Gasteiger partial charge in [0.25, 0.3) is 0 Å². The van der Waals surface area contributed by atoms with Crippen LogP contribution in [0.25, 0.3) is 0 Å². The molecule has 1 aliphatic rings. The first-order valence-corrected chi connectivity index (χ1v) is 6.73. The van der Waals surface area contributed by atoms with E-state index in [2.05, 4.69) is 10.3 Å². The number of hydrogen-bond donors (Lipinski definition) is 1. The summed E-state index contributed by atoms with van der Waals surface area (Å²) in [5.41, 5.74) is 5.79. The zero-order valence-electron chi connectivity index (χ0n) is 9.19. The molecule has 0 aliphatic carbocycles. The van der Waals surface area contributed by atoms with Crippen molar-refractivity contribution in [3.63, 3.8) is 0 Å². The van der Waals surface area contributed by atoms with Gasteiger partial charge in [-0.1, -0.05) is 18.0 Å². The summed E-state index contributed by atoms with van der Waals surface area (Å²) in [5.74, 6) is 0. The van der Waals surface area contributed by atoms with Crippen molar-refractivity contribution >= 4 is 35.3 Å². The van der Waals surface area contributed by atoms with Crippen LogP contribution in [0.3, 0.4) is 0 Å². The van der Waals surface area contributed by atoms with E-state index in [1.165, 1.54) is 24.1 Å². The molecule has 2 nitrogen and oxygen atoms in total. The highest BCUT2D eigenvalue weighted by molar-refractivity contribution is 7.10. The zero-order valence-corrected chi connectivity index (χ0v) is 11.6. The van der Waals surface area contributed by atoms with Gasteiger partial charge in [-0.3, -0.25) is 4.90 Å². The van der Waals surface area contributed by atoms with Gasteiger partial charge in [0, 0.05) is 24.0 Å². The summed E-state index contributed by atoms with van der Waals surface area (Å²) < 4.78 is 0. The Hall–Kier alpha value is 0.200. The van der Waals surface area contributed by atoms with Crippen molar-refractivity contribution in [2.45, 2.75) is 31.8 Å². The Bertz CT molecular complexity index is 317. The van der Waals surface area contributed by atoms with Gasteiger partial charge in [-0.2, -0.15) is 0 Å². The number of hydrogen-bond acceptors (Lipinski definition) is 3. The zero-order chi connectivity index (χ0) is 10.7. The second kappa shape index (κ2) is 6.82. The van der Waals surface area contributed by atoms with Crippen LogP contribution in [0.5, 0.6) is 0 Å². The van der Waals surface area contributed by atoms with Crippen LogP contribution in [-0.4, -0.2) is 24.0 Å². The molecule has 0 bridgehead atoms. The number of likely N-dealkylation sites (tertiary alicyclic amines) is 1. The molecule has 0 spiro atoms. The highest BCUT2D eigenvalue weighted by Crippen LogP contribution is 2.26. The molecule has 1 atom stereocenters. The number of nitrogens with two attached hydrogens (primary N) is 1. The molecule has 2 heterocycles. The van der Waals surface area contributed by atoms with Crippen molar-refractivity contribution in [1.29, 1.82) is 0 Å². The van der Waals surface area contributed by atoms with Crippen molar-refractivity contribution in [3.05, 3.63) is 21.3 Å². The van der Waals surface area contributed by atoms with Crippen LogP contribution >= 0.6 is 35.3 Å². The van der Waals surface area contributed by atoms with Crippen molar-refractivity contribution < 1.29 is 0 Å². The van der Waals surface area contributed by atoms with Gasteiger partial charge in [0.1, 0.15) is 0 Å². The summed E-state index contributed by atoms with van der Waals surface area (Å²) in [4.78, 5) is 3.75. The summed E-state index contributed by atoms with van der Waals surface area (Å²) >= 11 is 7.84. The Labute approximate surface area is 112 Å². The fourth-order valence-corrected chi connectivity index (χ4v) is 3.28. The highest BCUT2D eigenvalue weighted by Gasteiger charge is 2.21. The molecule has 0 aromatic carbocycles. The fourth-order valence-electron chi connectivity index (χ4n) is 2.16. The van der Waals surface area contributed by atoms with Crippen molar-refractivity contribution in [2.75, 3.05) is 13.1 Å². The van der Waals surface area contributed by atoms with Crippen molar-refractivity contribution in [3.8, 4) is 0 Å². The summed E-state index contributed by atoms with van der Waals surface area (Å²) in [6.07, 6.45) is 3.84. The second-order valence-electron chi connectivity index (χ2n) is 4.05. The molecule has 0 saturated carbocycles. The molecule has 1 unspecified atom stereocenters. The number of thiophene rings is 1. The van der Waals surface area contributed by atoms with Crippen molar-refractivity contribution in [1.82, 2.24) is 4.90 Å². The Morgan fingerprint density at radius 1 is 1.50 bits per heavy atom. The first-order valence-electron chi connectivity index (χ1n) is 5.47. The molecule has 2 N–H and O–H groups in total. The minimum atomic E-state index is 0. The van der Waals surface area contributed by atoms with Crippen LogP contribution in [0.15, 0.2) is 11.4 Å². The first-order chi connectivity index (χ1) is 7.31. The molecule has 1 fully saturated rings. The van der Waals surface area contributed by atoms with Crippen LogP contribution in [0.1, 0.15) is 24.1 Å². The molecule has 5 heteroatoms. The lowest BCUT2D eigenvalue weighted by Crippen LogP contribution is -2.43. The monoisotopic (exact) mass is 280 g/mol. The van der Waals surface area contributed by atoms with Crippen LogP contribution in [0.2, 0.25) is 5.02 Å². The van der Waals surface area contributed by atoms with Crippen LogP contribution < -0.4 is 5.73 Å². The first kappa shape index (κ1) is 14.3. The number of piperidine rings is 1. The van der Waals surface area contributed by atoms with Gasteiger partial charge in [0.2, 0.25) is 0 Å². The smallest absolute Gasteiger partial charge is 0.0558 e. The summed E-state index contributed by atoms with van der Waals surface area (Å²) in [7, 11) is 0. The van der Waals surface area contributed by atoms with Gasteiger partial charge in [0.05, 0.1) is 5.02 Å². The summed E-state index contributed by atoms with van der Waals surface area (Å²) in [5, 5.41) is 2.96. The number of halogens is 2. The summed E-state index contributed by atoms with van der Waals surface area (Å²) in [6, 6.07) is 2.53. The molecule has 1 saturated heterocycles. The predicted molar refractivity (Wildman–Crippen MR) is 73.7 cm³/mol. The standard InChI is InChI=1S/C11H17ClN2S.ClH/c12-10-4-6-15-11(10)8-14-5-2-1-3-9(14)7-13;/h4,6,9H,1-3,5,7-8,13H2;1H. The molecule has 0 amide bonds. The molecule has 16 heavy (non-hydrogen) atoms. The molecule has 92 valence electrons. The molecular weight excluding hydrogens is 263 g/mol. The van der Waals surface area contributed by atoms with E-state index in [0.717, 1.165) is 24.7 Å². The lowest BCUT2D eigenvalue weighted by Gasteiger charge is -2.34. The van der Waals surface area contributed by atoms with E-state index in [-0.39, 0.29) is 12.4 Å². The van der Waals surface area contributed by atoms with E-state index in [1.54, 1.807) is 11.3 Å². The molecular formula is C11H18Cl2N2S. The normalized spacial score (nSPS) is 21.8. The van der Waals surface area contributed by atoms with E-state index in [4.69, 9.17) is 17.3 Å². The maximum Gasteiger partial charge on any atom is 0.0558 e. The Morgan fingerprint density at radius 3 is 2.94 bits per heavy atom. The predicted octanol–water partition coefficient (Wildman–Crippen LogP) is 3.14. The third-order valence-corrected chi connectivity index (χ3v) is 4.43. The fraction of sp³-hybridized carbons (Fsp3) is 0.636. The van der Waals surface area contributed by atoms with E-state index >= 15 is 0 Å². The lowest BCUT2D eigenvalue weighted by molar-refractivity contribution is 0.146. The van der Waals surface area contributed by atoms with Gasteiger partial charge in [-0.05, 0) is 30.8 Å². The van der Waals surface area contributed by atoms with Crippen LogP contribution in [0, 0.1) is 0 Å². The highest BCUT2D eigenvalue weighted by atomic mass is 35.5. The minimum absolute atomic E-state index is 0.